The summed E-state index contributed by atoms with van der Waals surface area (Å²) in [5.74, 6) is 1.45. The molecule has 1 heterocycles. The van der Waals surface area contributed by atoms with Gasteiger partial charge in [-0.05, 0) is 47.1 Å². The SMILES string of the molecule is CC1CC(C)CN(Cc2ccccc2CNC(=O)c2ccc(CN)cc2)C1.Cl. The number of nitrogens with one attached hydrogen (secondary N) is 1. The maximum Gasteiger partial charge on any atom is 0.251 e. The summed E-state index contributed by atoms with van der Waals surface area (Å²) >= 11 is 0. The highest BCUT2D eigenvalue weighted by Crippen LogP contribution is 2.23. The summed E-state index contributed by atoms with van der Waals surface area (Å²) in [5, 5.41) is 3.06. The molecule has 0 saturated carbocycles. The topological polar surface area (TPSA) is 58.4 Å². The van der Waals surface area contributed by atoms with Crippen LogP contribution in [0, 0.1) is 11.8 Å². The van der Waals surface area contributed by atoms with Gasteiger partial charge in [0, 0.05) is 38.3 Å². The molecular formula is C23H32ClN3O. The zero-order valence-corrected chi connectivity index (χ0v) is 17.7. The highest BCUT2D eigenvalue weighted by atomic mass is 35.5. The Morgan fingerprint density at radius 1 is 1.04 bits per heavy atom. The molecule has 0 aromatic heterocycles. The van der Waals surface area contributed by atoms with Gasteiger partial charge in [-0.25, -0.2) is 0 Å². The normalized spacial score (nSPS) is 19.7. The molecular weight excluding hydrogens is 370 g/mol. The fourth-order valence-electron chi connectivity index (χ4n) is 4.12. The van der Waals surface area contributed by atoms with E-state index in [1.165, 1.54) is 17.5 Å². The summed E-state index contributed by atoms with van der Waals surface area (Å²) in [7, 11) is 0. The molecule has 1 aliphatic heterocycles. The Hall–Kier alpha value is -1.88. The molecule has 2 unspecified atom stereocenters. The van der Waals surface area contributed by atoms with E-state index in [2.05, 4.69) is 42.3 Å². The predicted molar refractivity (Wildman–Crippen MR) is 117 cm³/mol. The Kier molecular flexibility index (Phi) is 8.49. The maximum atomic E-state index is 12.5. The van der Waals surface area contributed by atoms with Crippen molar-refractivity contribution in [3.8, 4) is 0 Å². The number of amides is 1. The molecule has 4 nitrogen and oxygen atoms in total. The van der Waals surface area contributed by atoms with Gasteiger partial charge >= 0.3 is 0 Å². The molecule has 28 heavy (non-hydrogen) atoms. The Morgan fingerprint density at radius 2 is 1.64 bits per heavy atom. The number of carbonyl (C=O) groups excluding carboxylic acids is 1. The average molecular weight is 402 g/mol. The molecule has 0 spiro atoms. The molecule has 3 N–H and O–H groups in total. The van der Waals surface area contributed by atoms with Crippen molar-refractivity contribution >= 4 is 18.3 Å². The summed E-state index contributed by atoms with van der Waals surface area (Å²) in [4.78, 5) is 15.0. The Labute approximate surface area is 174 Å². The maximum absolute atomic E-state index is 12.5. The summed E-state index contributed by atoms with van der Waals surface area (Å²) in [6.45, 7) is 8.97. The average Bonchev–Trinajstić information content (AvgIpc) is 2.66. The molecule has 1 fully saturated rings. The fraction of sp³-hybridized carbons (Fsp3) is 0.435. The van der Waals surface area contributed by atoms with Crippen LogP contribution in [0.5, 0.6) is 0 Å². The number of likely N-dealkylation sites (tertiary alicyclic amines) is 1. The van der Waals surface area contributed by atoms with E-state index in [0.717, 1.165) is 37.0 Å². The van der Waals surface area contributed by atoms with Crippen molar-refractivity contribution in [1.29, 1.82) is 0 Å². The number of halogens is 1. The predicted octanol–water partition coefficient (Wildman–Crippen LogP) is 3.98. The van der Waals surface area contributed by atoms with Crippen LogP contribution >= 0.6 is 12.4 Å². The van der Waals surface area contributed by atoms with Crippen molar-refractivity contribution in [1.82, 2.24) is 10.2 Å². The zero-order valence-electron chi connectivity index (χ0n) is 16.9. The number of carbonyl (C=O) groups is 1. The number of rotatable bonds is 6. The first-order chi connectivity index (χ1) is 13.0. The first-order valence-corrected chi connectivity index (χ1v) is 9.91. The van der Waals surface area contributed by atoms with Crippen LogP contribution in [0.3, 0.4) is 0 Å². The lowest BCUT2D eigenvalue weighted by Crippen LogP contribution is -2.38. The lowest BCUT2D eigenvalue weighted by Gasteiger charge is -2.35. The van der Waals surface area contributed by atoms with E-state index in [-0.39, 0.29) is 18.3 Å². The lowest BCUT2D eigenvalue weighted by atomic mass is 9.91. The molecule has 2 atom stereocenters. The van der Waals surface area contributed by atoms with Gasteiger partial charge in [0.1, 0.15) is 0 Å². The molecule has 2 aromatic rings. The molecule has 0 bridgehead atoms. The van der Waals surface area contributed by atoms with Crippen LogP contribution in [0.25, 0.3) is 0 Å². The minimum atomic E-state index is -0.0476. The number of nitrogens with zero attached hydrogens (tertiary/aromatic N) is 1. The molecule has 0 radical (unpaired) electrons. The third-order valence-electron chi connectivity index (χ3n) is 5.35. The Morgan fingerprint density at radius 3 is 2.25 bits per heavy atom. The van der Waals surface area contributed by atoms with E-state index in [4.69, 9.17) is 5.73 Å². The quantitative estimate of drug-likeness (QED) is 0.769. The number of hydrogen-bond donors (Lipinski definition) is 2. The van der Waals surface area contributed by atoms with Crippen molar-refractivity contribution in [3.63, 3.8) is 0 Å². The highest BCUT2D eigenvalue weighted by Gasteiger charge is 2.22. The smallest absolute Gasteiger partial charge is 0.251 e. The van der Waals surface area contributed by atoms with Gasteiger partial charge in [0.15, 0.2) is 0 Å². The molecule has 2 aromatic carbocycles. The number of nitrogens with two attached hydrogens (primary N) is 1. The molecule has 1 aliphatic rings. The molecule has 1 amide bonds. The molecule has 3 rings (SSSR count). The molecule has 5 heteroatoms. The first-order valence-electron chi connectivity index (χ1n) is 9.91. The van der Waals surface area contributed by atoms with E-state index in [0.29, 0.717) is 18.7 Å². The second-order valence-corrected chi connectivity index (χ2v) is 7.99. The second-order valence-electron chi connectivity index (χ2n) is 7.99. The lowest BCUT2D eigenvalue weighted by molar-refractivity contribution is 0.0950. The van der Waals surface area contributed by atoms with Crippen LogP contribution in [-0.4, -0.2) is 23.9 Å². The van der Waals surface area contributed by atoms with Gasteiger partial charge in [-0.15, -0.1) is 12.4 Å². The van der Waals surface area contributed by atoms with Crippen molar-refractivity contribution < 1.29 is 4.79 Å². The molecule has 152 valence electrons. The number of piperidine rings is 1. The minimum absolute atomic E-state index is 0. The Balaban J connectivity index is 0.00000280. The summed E-state index contributed by atoms with van der Waals surface area (Å²) in [5.41, 5.74) is 9.81. The first kappa shape index (κ1) is 22.4. The standard InChI is InChI=1S/C23H31N3O.ClH/c1-17-11-18(2)15-26(14-17)16-22-6-4-3-5-21(22)13-25-23(27)20-9-7-19(12-24)8-10-20;/h3-10,17-18H,11-16,24H2,1-2H3,(H,25,27);1H. The van der Waals surface area contributed by atoms with Gasteiger partial charge in [-0.2, -0.15) is 0 Å². The van der Waals surface area contributed by atoms with Crippen LogP contribution in [-0.2, 0) is 19.6 Å². The fourth-order valence-corrected chi connectivity index (χ4v) is 4.12. The monoisotopic (exact) mass is 401 g/mol. The van der Waals surface area contributed by atoms with Crippen molar-refractivity contribution in [2.24, 2.45) is 17.6 Å². The van der Waals surface area contributed by atoms with Crippen LogP contribution in [0.15, 0.2) is 48.5 Å². The van der Waals surface area contributed by atoms with Gasteiger partial charge in [0.05, 0.1) is 0 Å². The van der Waals surface area contributed by atoms with Crippen LogP contribution < -0.4 is 11.1 Å². The van der Waals surface area contributed by atoms with Crippen LogP contribution in [0.2, 0.25) is 0 Å². The second kappa shape index (κ2) is 10.6. The largest absolute Gasteiger partial charge is 0.348 e. The van der Waals surface area contributed by atoms with Gasteiger partial charge in [0.2, 0.25) is 0 Å². The van der Waals surface area contributed by atoms with E-state index in [1.807, 2.05) is 30.3 Å². The van der Waals surface area contributed by atoms with E-state index in [9.17, 15) is 4.79 Å². The third-order valence-corrected chi connectivity index (χ3v) is 5.35. The molecule has 0 aliphatic carbocycles. The number of benzene rings is 2. The zero-order chi connectivity index (χ0) is 19.2. The molecule has 1 saturated heterocycles. The minimum Gasteiger partial charge on any atom is -0.348 e. The van der Waals surface area contributed by atoms with Gasteiger partial charge in [-0.3, -0.25) is 9.69 Å². The van der Waals surface area contributed by atoms with Gasteiger partial charge in [0.25, 0.3) is 5.91 Å². The highest BCUT2D eigenvalue weighted by molar-refractivity contribution is 5.94. The summed E-state index contributed by atoms with van der Waals surface area (Å²) < 4.78 is 0. The van der Waals surface area contributed by atoms with Crippen LogP contribution in [0.4, 0.5) is 0 Å². The van der Waals surface area contributed by atoms with Gasteiger partial charge in [-0.1, -0.05) is 50.2 Å². The summed E-state index contributed by atoms with van der Waals surface area (Å²) in [6.07, 6.45) is 1.32. The van der Waals surface area contributed by atoms with Crippen molar-refractivity contribution in [2.75, 3.05) is 13.1 Å². The Bertz CT molecular complexity index is 753. The number of hydrogen-bond acceptors (Lipinski definition) is 3. The third kappa shape index (κ3) is 6.06. The van der Waals surface area contributed by atoms with E-state index >= 15 is 0 Å². The van der Waals surface area contributed by atoms with Crippen LogP contribution in [0.1, 0.15) is 47.3 Å². The van der Waals surface area contributed by atoms with E-state index in [1.54, 1.807) is 0 Å². The summed E-state index contributed by atoms with van der Waals surface area (Å²) in [6, 6.07) is 15.9. The van der Waals surface area contributed by atoms with Gasteiger partial charge < -0.3 is 11.1 Å². The van der Waals surface area contributed by atoms with Crippen molar-refractivity contribution in [2.45, 2.75) is 39.9 Å². The van der Waals surface area contributed by atoms with Crippen molar-refractivity contribution in [3.05, 3.63) is 70.8 Å². The van der Waals surface area contributed by atoms with E-state index < -0.39 is 0 Å².